The smallest absolute Gasteiger partial charge is 0.262 e. The minimum Gasteiger partial charge on any atom is -0.463 e. The lowest BCUT2D eigenvalue weighted by Gasteiger charge is -2.17. The average Bonchev–Trinajstić information content (AvgIpc) is 3.29. The van der Waals surface area contributed by atoms with Crippen LogP contribution in [0.2, 0.25) is 0 Å². The molecule has 4 rings (SSSR count). The number of thiophene rings is 1. The molecule has 1 N–H and O–H groups in total. The quantitative estimate of drug-likeness (QED) is 0.617. The summed E-state index contributed by atoms with van der Waals surface area (Å²) in [5, 5.41) is 7.33. The molecule has 4 aromatic rings. The number of aryl methyl sites for hydroxylation is 1. The number of rotatable bonds is 4. The van der Waals surface area contributed by atoms with E-state index in [2.05, 4.69) is 10.4 Å². The highest BCUT2D eigenvalue weighted by Gasteiger charge is 2.20. The van der Waals surface area contributed by atoms with E-state index in [4.69, 9.17) is 4.42 Å². The summed E-state index contributed by atoms with van der Waals surface area (Å²) in [4.78, 5) is 13.3. The van der Waals surface area contributed by atoms with Crippen LogP contribution < -0.4 is 5.32 Å². The van der Waals surface area contributed by atoms with E-state index < -0.39 is 0 Å². The van der Waals surface area contributed by atoms with E-state index in [-0.39, 0.29) is 11.9 Å². The zero-order valence-electron chi connectivity index (χ0n) is 13.0. The Morgan fingerprint density at radius 3 is 2.79 bits per heavy atom. The average molecular weight is 337 g/mol. The maximum Gasteiger partial charge on any atom is 0.262 e. The molecule has 0 aliphatic carbocycles. The third kappa shape index (κ3) is 2.72. The van der Waals surface area contributed by atoms with Gasteiger partial charge in [0, 0.05) is 24.9 Å². The van der Waals surface area contributed by atoms with Gasteiger partial charge >= 0.3 is 0 Å². The second-order valence-electron chi connectivity index (χ2n) is 5.52. The second-order valence-corrected chi connectivity index (χ2v) is 6.61. The van der Waals surface area contributed by atoms with E-state index in [1.807, 2.05) is 49.6 Å². The standard InChI is InChI=1S/C18H15N3O2S/c1-21-11-13(10-19-21)17(12-5-3-2-4-6-12)20-18(22)16-9-14-15(24-16)7-8-23-14/h2-11,17H,1H3,(H,20,22). The van der Waals surface area contributed by atoms with Gasteiger partial charge in [-0.2, -0.15) is 5.10 Å². The van der Waals surface area contributed by atoms with Crippen molar-refractivity contribution in [3.63, 3.8) is 0 Å². The second kappa shape index (κ2) is 5.98. The van der Waals surface area contributed by atoms with Crippen LogP contribution in [-0.4, -0.2) is 15.7 Å². The molecule has 1 aromatic carbocycles. The lowest BCUT2D eigenvalue weighted by atomic mass is 10.0. The number of aromatic nitrogens is 2. The highest BCUT2D eigenvalue weighted by atomic mass is 32.1. The van der Waals surface area contributed by atoms with Gasteiger partial charge in [-0.3, -0.25) is 9.48 Å². The van der Waals surface area contributed by atoms with Crippen LogP contribution in [0.1, 0.15) is 26.8 Å². The molecule has 0 saturated heterocycles. The molecule has 3 aromatic heterocycles. The van der Waals surface area contributed by atoms with E-state index in [1.54, 1.807) is 23.2 Å². The minimum atomic E-state index is -0.249. The fourth-order valence-electron chi connectivity index (χ4n) is 2.67. The van der Waals surface area contributed by atoms with E-state index in [0.717, 1.165) is 21.4 Å². The molecule has 120 valence electrons. The molecule has 0 radical (unpaired) electrons. The van der Waals surface area contributed by atoms with Crippen molar-refractivity contribution in [1.82, 2.24) is 15.1 Å². The molecule has 3 heterocycles. The Morgan fingerprint density at radius 2 is 2.08 bits per heavy atom. The third-order valence-electron chi connectivity index (χ3n) is 3.83. The van der Waals surface area contributed by atoms with Crippen LogP contribution in [0.15, 0.2) is 65.5 Å². The van der Waals surface area contributed by atoms with Crippen molar-refractivity contribution in [3.8, 4) is 0 Å². The van der Waals surface area contributed by atoms with E-state index in [9.17, 15) is 4.79 Å². The Morgan fingerprint density at radius 1 is 1.25 bits per heavy atom. The molecule has 1 unspecified atom stereocenters. The molecule has 0 bridgehead atoms. The molecule has 0 spiro atoms. The number of furan rings is 1. The number of amides is 1. The predicted octanol–water partition coefficient (Wildman–Crippen LogP) is 3.75. The van der Waals surface area contributed by atoms with E-state index >= 15 is 0 Å². The van der Waals surface area contributed by atoms with Crippen molar-refractivity contribution < 1.29 is 9.21 Å². The van der Waals surface area contributed by atoms with Gasteiger partial charge in [-0.25, -0.2) is 0 Å². The lowest BCUT2D eigenvalue weighted by molar-refractivity contribution is 0.0947. The SMILES string of the molecule is Cn1cc(C(NC(=O)c2cc3occc3s2)c2ccccc2)cn1. The maximum absolute atomic E-state index is 12.7. The van der Waals surface area contributed by atoms with Gasteiger partial charge in [0.05, 0.1) is 28.1 Å². The summed E-state index contributed by atoms with van der Waals surface area (Å²) in [6.45, 7) is 0. The maximum atomic E-state index is 12.7. The van der Waals surface area contributed by atoms with Crippen molar-refractivity contribution >= 4 is 27.5 Å². The Hall–Kier alpha value is -2.86. The van der Waals surface area contributed by atoms with Gasteiger partial charge in [0.2, 0.25) is 0 Å². The van der Waals surface area contributed by atoms with Crippen LogP contribution in [0, 0.1) is 0 Å². The van der Waals surface area contributed by atoms with Gasteiger partial charge in [0.15, 0.2) is 0 Å². The first-order valence-electron chi connectivity index (χ1n) is 7.52. The van der Waals surface area contributed by atoms with Crippen LogP contribution in [0.5, 0.6) is 0 Å². The summed E-state index contributed by atoms with van der Waals surface area (Å²) in [7, 11) is 1.86. The van der Waals surface area contributed by atoms with Gasteiger partial charge < -0.3 is 9.73 Å². The van der Waals surface area contributed by atoms with E-state index in [0.29, 0.717) is 4.88 Å². The first kappa shape index (κ1) is 14.7. The lowest BCUT2D eigenvalue weighted by Crippen LogP contribution is -2.28. The fraction of sp³-hybridized carbons (Fsp3) is 0.111. The Bertz CT molecular complexity index is 955. The number of nitrogens with zero attached hydrogens (tertiary/aromatic N) is 2. The molecular weight excluding hydrogens is 322 g/mol. The summed E-state index contributed by atoms with van der Waals surface area (Å²) in [5.41, 5.74) is 2.69. The van der Waals surface area contributed by atoms with Crippen molar-refractivity contribution in [1.29, 1.82) is 0 Å². The Kier molecular flexibility index (Phi) is 3.66. The number of fused-ring (bicyclic) bond motifs is 1. The highest BCUT2D eigenvalue weighted by molar-refractivity contribution is 7.20. The van der Waals surface area contributed by atoms with Crippen molar-refractivity contribution in [2.24, 2.45) is 7.05 Å². The highest BCUT2D eigenvalue weighted by Crippen LogP contribution is 2.28. The van der Waals surface area contributed by atoms with Crippen molar-refractivity contribution in [3.05, 3.63) is 77.1 Å². The Balaban J connectivity index is 1.66. The zero-order chi connectivity index (χ0) is 16.5. The largest absolute Gasteiger partial charge is 0.463 e. The molecule has 6 heteroatoms. The van der Waals surface area contributed by atoms with Crippen LogP contribution in [0.25, 0.3) is 10.3 Å². The van der Waals surface area contributed by atoms with Crippen molar-refractivity contribution in [2.45, 2.75) is 6.04 Å². The number of nitrogens with one attached hydrogen (secondary N) is 1. The minimum absolute atomic E-state index is 0.121. The molecule has 0 aliphatic rings. The first-order valence-corrected chi connectivity index (χ1v) is 8.34. The molecular formula is C18H15N3O2S. The molecule has 5 nitrogen and oxygen atoms in total. The van der Waals surface area contributed by atoms with Crippen LogP contribution in [0.4, 0.5) is 0 Å². The summed E-state index contributed by atoms with van der Waals surface area (Å²) in [5.74, 6) is -0.121. The topological polar surface area (TPSA) is 60.1 Å². The summed E-state index contributed by atoms with van der Waals surface area (Å²) in [6.07, 6.45) is 5.32. The van der Waals surface area contributed by atoms with Gasteiger partial charge in [0.1, 0.15) is 5.58 Å². The number of carbonyl (C=O) groups is 1. The number of hydrogen-bond donors (Lipinski definition) is 1. The summed E-state index contributed by atoms with van der Waals surface area (Å²) in [6, 6.07) is 13.3. The zero-order valence-corrected chi connectivity index (χ0v) is 13.8. The van der Waals surface area contributed by atoms with E-state index in [1.165, 1.54) is 11.3 Å². The summed E-state index contributed by atoms with van der Waals surface area (Å²) >= 11 is 1.42. The van der Waals surface area contributed by atoms with Crippen molar-refractivity contribution in [2.75, 3.05) is 0 Å². The summed E-state index contributed by atoms with van der Waals surface area (Å²) < 4.78 is 8.05. The number of carbonyl (C=O) groups excluding carboxylic acids is 1. The number of benzene rings is 1. The predicted molar refractivity (Wildman–Crippen MR) is 93.1 cm³/mol. The molecule has 0 fully saturated rings. The molecule has 0 aliphatic heterocycles. The van der Waals surface area contributed by atoms with Gasteiger partial charge in [0.25, 0.3) is 5.91 Å². The Labute approximate surface area is 142 Å². The monoisotopic (exact) mass is 337 g/mol. The van der Waals surface area contributed by atoms with Gasteiger partial charge in [-0.05, 0) is 11.6 Å². The normalized spacial score (nSPS) is 12.4. The van der Waals surface area contributed by atoms with Gasteiger partial charge in [-0.15, -0.1) is 11.3 Å². The number of hydrogen-bond acceptors (Lipinski definition) is 4. The first-order chi connectivity index (χ1) is 11.7. The molecule has 24 heavy (non-hydrogen) atoms. The van der Waals surface area contributed by atoms with Crippen LogP contribution in [0.3, 0.4) is 0 Å². The van der Waals surface area contributed by atoms with Crippen LogP contribution >= 0.6 is 11.3 Å². The third-order valence-corrected chi connectivity index (χ3v) is 4.91. The van der Waals surface area contributed by atoms with Crippen LogP contribution in [-0.2, 0) is 7.05 Å². The molecule has 0 saturated carbocycles. The molecule has 1 atom stereocenters. The molecule has 1 amide bonds. The fourth-order valence-corrected chi connectivity index (χ4v) is 3.56. The van der Waals surface area contributed by atoms with Gasteiger partial charge in [-0.1, -0.05) is 30.3 Å².